The average Bonchev–Trinajstić information content (AvgIpc) is 2.53. The van der Waals surface area contributed by atoms with Gasteiger partial charge in [-0.2, -0.15) is 13.2 Å². The van der Waals surface area contributed by atoms with Crippen molar-refractivity contribution in [3.8, 4) is 11.1 Å². The van der Waals surface area contributed by atoms with Crippen LogP contribution in [-0.4, -0.2) is 0 Å². The smallest absolute Gasteiger partial charge is 0.166 e. The van der Waals surface area contributed by atoms with Gasteiger partial charge in [-0.25, -0.2) is 0 Å². The van der Waals surface area contributed by atoms with Crippen LogP contribution in [0.2, 0.25) is 0 Å². The van der Waals surface area contributed by atoms with Gasteiger partial charge in [0.05, 0.1) is 5.56 Å². The molecule has 0 amide bonds. The first kappa shape index (κ1) is 14.6. The first-order chi connectivity index (χ1) is 10.5. The van der Waals surface area contributed by atoms with Gasteiger partial charge in [-0.1, -0.05) is 49.4 Å². The largest absolute Gasteiger partial charge is 0.416 e. The topological polar surface area (TPSA) is 0 Å². The minimum absolute atomic E-state index is 0.562. The summed E-state index contributed by atoms with van der Waals surface area (Å²) in [7, 11) is 0. The molecule has 0 fully saturated rings. The maximum Gasteiger partial charge on any atom is 0.416 e. The summed E-state index contributed by atoms with van der Waals surface area (Å²) >= 11 is 0. The minimum atomic E-state index is -4.30. The molecule has 0 unspecified atom stereocenters. The van der Waals surface area contributed by atoms with Gasteiger partial charge in [-0.05, 0) is 52.1 Å². The van der Waals surface area contributed by atoms with Crippen molar-refractivity contribution < 1.29 is 13.2 Å². The maximum atomic E-state index is 12.8. The van der Waals surface area contributed by atoms with Crippen molar-refractivity contribution in [2.75, 3.05) is 0 Å². The summed E-state index contributed by atoms with van der Waals surface area (Å²) < 4.78 is 38.5. The van der Waals surface area contributed by atoms with Gasteiger partial charge in [0.25, 0.3) is 0 Å². The van der Waals surface area contributed by atoms with E-state index >= 15 is 0 Å². The van der Waals surface area contributed by atoms with Crippen LogP contribution in [0, 0.1) is 0 Å². The number of fused-ring (bicyclic) bond motifs is 1. The van der Waals surface area contributed by atoms with Crippen molar-refractivity contribution in [3.05, 3.63) is 71.8 Å². The Balaban J connectivity index is 2.13. The van der Waals surface area contributed by atoms with Crippen molar-refractivity contribution >= 4 is 10.8 Å². The molecule has 3 heteroatoms. The molecule has 112 valence electrons. The molecular formula is C19H15F3. The van der Waals surface area contributed by atoms with E-state index in [4.69, 9.17) is 0 Å². The van der Waals surface area contributed by atoms with Crippen LogP contribution in [0.25, 0.3) is 21.9 Å². The lowest BCUT2D eigenvalue weighted by Gasteiger charge is -2.13. The van der Waals surface area contributed by atoms with Crippen molar-refractivity contribution in [2.24, 2.45) is 0 Å². The van der Waals surface area contributed by atoms with E-state index in [0.29, 0.717) is 12.0 Å². The second-order valence-corrected chi connectivity index (χ2v) is 5.29. The maximum absolute atomic E-state index is 12.8. The Hall–Kier alpha value is -2.29. The summed E-state index contributed by atoms with van der Waals surface area (Å²) in [5.41, 5.74) is 1.93. The molecule has 3 aromatic rings. The highest BCUT2D eigenvalue weighted by atomic mass is 19.4. The Morgan fingerprint density at radius 1 is 0.818 bits per heavy atom. The molecule has 0 saturated heterocycles. The molecule has 0 aromatic heterocycles. The Labute approximate surface area is 127 Å². The number of rotatable bonds is 2. The van der Waals surface area contributed by atoms with E-state index in [9.17, 15) is 13.2 Å². The van der Waals surface area contributed by atoms with Crippen molar-refractivity contribution in [1.29, 1.82) is 0 Å². The number of hydrogen-bond acceptors (Lipinski definition) is 0. The fourth-order valence-corrected chi connectivity index (χ4v) is 2.70. The van der Waals surface area contributed by atoms with Crippen LogP contribution in [-0.2, 0) is 12.6 Å². The number of halogens is 3. The van der Waals surface area contributed by atoms with Gasteiger partial charge in [0, 0.05) is 0 Å². The van der Waals surface area contributed by atoms with Crippen LogP contribution in [0.3, 0.4) is 0 Å². The fraction of sp³-hybridized carbons (Fsp3) is 0.158. The van der Waals surface area contributed by atoms with Gasteiger partial charge in [-0.3, -0.25) is 0 Å². The molecule has 0 heterocycles. The molecule has 3 aromatic carbocycles. The summed E-state index contributed by atoms with van der Waals surface area (Å²) in [6.07, 6.45) is -3.74. The molecule has 3 rings (SSSR count). The average molecular weight is 300 g/mol. The summed E-state index contributed by atoms with van der Waals surface area (Å²) in [6.45, 7) is 1.88. The molecule has 22 heavy (non-hydrogen) atoms. The van der Waals surface area contributed by atoms with Gasteiger partial charge < -0.3 is 0 Å². The highest BCUT2D eigenvalue weighted by Crippen LogP contribution is 2.34. The van der Waals surface area contributed by atoms with Gasteiger partial charge in [0.2, 0.25) is 0 Å². The first-order valence-corrected chi connectivity index (χ1v) is 7.18. The lowest BCUT2D eigenvalue weighted by molar-refractivity contribution is -0.137. The fourth-order valence-electron chi connectivity index (χ4n) is 2.70. The van der Waals surface area contributed by atoms with Crippen molar-refractivity contribution in [2.45, 2.75) is 19.5 Å². The highest BCUT2D eigenvalue weighted by molar-refractivity contribution is 5.87. The SMILES string of the molecule is CCc1cc(C(F)(F)F)ccc1-c1ccc2ccccc2c1. The van der Waals surface area contributed by atoms with Crippen LogP contribution >= 0.6 is 0 Å². The van der Waals surface area contributed by atoms with Crippen molar-refractivity contribution in [1.82, 2.24) is 0 Å². The van der Waals surface area contributed by atoms with E-state index < -0.39 is 11.7 Å². The molecule has 0 bridgehead atoms. The van der Waals surface area contributed by atoms with E-state index in [2.05, 4.69) is 0 Å². The van der Waals surface area contributed by atoms with Crippen molar-refractivity contribution in [3.63, 3.8) is 0 Å². The Morgan fingerprint density at radius 3 is 2.23 bits per heavy atom. The van der Waals surface area contributed by atoms with E-state index in [1.807, 2.05) is 49.4 Å². The molecule has 0 nitrogen and oxygen atoms in total. The Bertz CT molecular complexity index is 816. The number of hydrogen-bond donors (Lipinski definition) is 0. The predicted molar refractivity (Wildman–Crippen MR) is 83.8 cm³/mol. The van der Waals surface area contributed by atoms with E-state index in [1.165, 1.54) is 6.07 Å². The predicted octanol–water partition coefficient (Wildman–Crippen LogP) is 6.09. The summed E-state index contributed by atoms with van der Waals surface area (Å²) in [6, 6.07) is 17.9. The van der Waals surface area contributed by atoms with E-state index in [0.717, 1.165) is 28.0 Å². The van der Waals surface area contributed by atoms with E-state index in [-0.39, 0.29) is 0 Å². The zero-order valence-corrected chi connectivity index (χ0v) is 12.1. The summed E-state index contributed by atoms with van der Waals surface area (Å²) in [5.74, 6) is 0. The molecular weight excluding hydrogens is 285 g/mol. The Kier molecular flexibility index (Phi) is 3.65. The molecule has 0 N–H and O–H groups in total. The summed E-state index contributed by atoms with van der Waals surface area (Å²) in [5, 5.41) is 2.21. The van der Waals surface area contributed by atoms with E-state index in [1.54, 1.807) is 6.07 Å². The standard InChI is InChI=1S/C19H15F3/c1-2-13-12-17(19(20,21)22)9-10-18(13)16-8-7-14-5-3-4-6-15(14)11-16/h3-12H,2H2,1H3. The second kappa shape index (κ2) is 5.48. The number of alkyl halides is 3. The molecule has 0 aliphatic heterocycles. The number of aryl methyl sites for hydroxylation is 1. The van der Waals surface area contributed by atoms with Crippen LogP contribution in [0.5, 0.6) is 0 Å². The normalized spacial score (nSPS) is 11.8. The Morgan fingerprint density at radius 2 is 1.55 bits per heavy atom. The van der Waals surface area contributed by atoms with Crippen LogP contribution in [0.1, 0.15) is 18.1 Å². The lowest BCUT2D eigenvalue weighted by atomic mass is 9.94. The van der Waals surface area contributed by atoms with Gasteiger partial charge >= 0.3 is 6.18 Å². The molecule has 0 atom stereocenters. The summed E-state index contributed by atoms with van der Waals surface area (Å²) in [4.78, 5) is 0. The molecule has 0 aliphatic carbocycles. The van der Waals surface area contributed by atoms with Crippen LogP contribution in [0.4, 0.5) is 13.2 Å². The first-order valence-electron chi connectivity index (χ1n) is 7.18. The van der Waals surface area contributed by atoms with Crippen LogP contribution in [0.15, 0.2) is 60.7 Å². The zero-order chi connectivity index (χ0) is 15.7. The molecule has 0 spiro atoms. The third-order valence-electron chi connectivity index (χ3n) is 3.87. The molecule has 0 radical (unpaired) electrons. The number of benzene rings is 3. The monoisotopic (exact) mass is 300 g/mol. The second-order valence-electron chi connectivity index (χ2n) is 5.29. The third kappa shape index (κ3) is 2.71. The molecule has 0 saturated carbocycles. The quantitative estimate of drug-likeness (QED) is 0.537. The van der Waals surface area contributed by atoms with Gasteiger partial charge in [-0.15, -0.1) is 0 Å². The van der Waals surface area contributed by atoms with Gasteiger partial charge in [0.15, 0.2) is 0 Å². The zero-order valence-electron chi connectivity index (χ0n) is 12.1. The third-order valence-corrected chi connectivity index (χ3v) is 3.87. The molecule has 0 aliphatic rings. The minimum Gasteiger partial charge on any atom is -0.166 e. The van der Waals surface area contributed by atoms with Gasteiger partial charge in [0.1, 0.15) is 0 Å². The highest BCUT2D eigenvalue weighted by Gasteiger charge is 2.30. The van der Waals surface area contributed by atoms with Crippen LogP contribution < -0.4 is 0 Å². The lowest BCUT2D eigenvalue weighted by Crippen LogP contribution is -2.05.